The van der Waals surface area contributed by atoms with E-state index < -0.39 is 5.97 Å². The first-order valence-corrected chi connectivity index (χ1v) is 10.6. The molecule has 2 rings (SSSR count). The summed E-state index contributed by atoms with van der Waals surface area (Å²) in [6.45, 7) is 7.93. The Balaban J connectivity index is 2.53. The summed E-state index contributed by atoms with van der Waals surface area (Å²) in [5, 5.41) is 10.9. The molecule has 0 aliphatic carbocycles. The number of benzene rings is 1. The summed E-state index contributed by atoms with van der Waals surface area (Å²) in [7, 11) is 1.57. The van der Waals surface area contributed by atoms with Crippen LogP contribution in [0.5, 0.6) is 11.5 Å². The van der Waals surface area contributed by atoms with E-state index in [0.717, 1.165) is 22.9 Å². The third kappa shape index (κ3) is 5.44. The van der Waals surface area contributed by atoms with E-state index in [1.54, 1.807) is 26.2 Å². The van der Waals surface area contributed by atoms with Crippen LogP contribution in [0, 0.1) is 6.92 Å². The topological polar surface area (TPSA) is 94.4 Å². The highest BCUT2D eigenvalue weighted by atomic mass is 32.2. The van der Waals surface area contributed by atoms with Gasteiger partial charge in [-0.25, -0.2) is 9.79 Å². The lowest BCUT2D eigenvalue weighted by Crippen LogP contribution is -2.14. The van der Waals surface area contributed by atoms with Gasteiger partial charge in [0.2, 0.25) is 5.91 Å². The number of ether oxygens (including phenoxy) is 3. The largest absolute Gasteiger partial charge is 0.506 e. The van der Waals surface area contributed by atoms with Gasteiger partial charge in [-0.3, -0.25) is 4.79 Å². The first-order chi connectivity index (χ1) is 14.4. The normalized spacial score (nSPS) is 16.3. The van der Waals surface area contributed by atoms with Crippen molar-refractivity contribution in [3.63, 3.8) is 0 Å². The van der Waals surface area contributed by atoms with E-state index in [2.05, 4.69) is 4.99 Å². The van der Waals surface area contributed by atoms with Crippen LogP contribution in [0.2, 0.25) is 0 Å². The van der Waals surface area contributed by atoms with Gasteiger partial charge in [-0.2, -0.15) is 0 Å². The first-order valence-electron chi connectivity index (χ1n) is 9.79. The van der Waals surface area contributed by atoms with E-state index in [1.165, 1.54) is 0 Å². The fourth-order valence-electron chi connectivity index (χ4n) is 2.78. The van der Waals surface area contributed by atoms with Crippen molar-refractivity contribution in [1.29, 1.82) is 0 Å². The van der Waals surface area contributed by atoms with Crippen LogP contribution in [0.15, 0.2) is 33.4 Å². The van der Waals surface area contributed by atoms with Crippen LogP contribution in [-0.4, -0.2) is 42.4 Å². The molecule has 8 heteroatoms. The number of amides is 1. The number of hydrogen-bond acceptors (Lipinski definition) is 7. The van der Waals surface area contributed by atoms with Crippen LogP contribution in [-0.2, 0) is 14.3 Å². The SMILES string of the molecule is CCCC(=O)N=C1S/C(=C\c2cc(OCC)c(OC)cc2C)C(O)=C1C(=O)OCC. The Morgan fingerprint density at radius 1 is 1.17 bits per heavy atom. The highest BCUT2D eigenvalue weighted by Crippen LogP contribution is 2.40. The van der Waals surface area contributed by atoms with Gasteiger partial charge in [0.25, 0.3) is 0 Å². The quantitative estimate of drug-likeness (QED) is 0.599. The van der Waals surface area contributed by atoms with Crippen LogP contribution in [0.1, 0.15) is 44.7 Å². The third-order valence-electron chi connectivity index (χ3n) is 4.20. The molecule has 1 aliphatic rings. The van der Waals surface area contributed by atoms with Gasteiger partial charge in [-0.05, 0) is 56.5 Å². The number of aryl methyl sites for hydroxylation is 1. The van der Waals surface area contributed by atoms with Gasteiger partial charge < -0.3 is 19.3 Å². The highest BCUT2D eigenvalue weighted by molar-refractivity contribution is 8.18. The minimum Gasteiger partial charge on any atom is -0.506 e. The zero-order valence-corrected chi connectivity index (χ0v) is 18.7. The van der Waals surface area contributed by atoms with Crippen molar-refractivity contribution in [3.05, 3.63) is 39.5 Å². The lowest BCUT2D eigenvalue weighted by atomic mass is 10.1. The Kier molecular flexibility index (Phi) is 8.53. The molecule has 0 fully saturated rings. The molecule has 0 saturated heterocycles. The summed E-state index contributed by atoms with van der Waals surface area (Å²) in [6.07, 6.45) is 2.62. The van der Waals surface area contributed by atoms with Crippen molar-refractivity contribution in [2.24, 2.45) is 4.99 Å². The number of thioether (sulfide) groups is 1. The molecule has 0 atom stereocenters. The molecule has 0 spiro atoms. The van der Waals surface area contributed by atoms with Gasteiger partial charge in [0.1, 0.15) is 16.4 Å². The second kappa shape index (κ2) is 10.9. The molecule has 1 amide bonds. The van der Waals surface area contributed by atoms with Crippen LogP contribution in [0.4, 0.5) is 0 Å². The molecule has 0 unspecified atom stereocenters. The molecule has 0 aromatic heterocycles. The Morgan fingerprint density at radius 3 is 2.50 bits per heavy atom. The summed E-state index contributed by atoms with van der Waals surface area (Å²) in [5.41, 5.74) is 1.58. The summed E-state index contributed by atoms with van der Waals surface area (Å²) < 4.78 is 16.0. The van der Waals surface area contributed by atoms with Crippen molar-refractivity contribution >= 4 is 34.8 Å². The van der Waals surface area contributed by atoms with E-state index in [4.69, 9.17) is 14.2 Å². The van der Waals surface area contributed by atoms with Gasteiger partial charge in [0.15, 0.2) is 11.5 Å². The van der Waals surface area contributed by atoms with Gasteiger partial charge in [0, 0.05) is 6.42 Å². The van der Waals surface area contributed by atoms with Crippen LogP contribution in [0.25, 0.3) is 6.08 Å². The second-order valence-electron chi connectivity index (χ2n) is 6.41. The molecule has 1 aliphatic heterocycles. The minimum atomic E-state index is -0.713. The zero-order valence-electron chi connectivity index (χ0n) is 17.9. The van der Waals surface area contributed by atoms with Gasteiger partial charge in [0.05, 0.1) is 25.2 Å². The number of methoxy groups -OCH3 is 1. The fraction of sp³-hybridized carbons (Fsp3) is 0.409. The Hall–Kier alpha value is -2.74. The average Bonchev–Trinajstić information content (AvgIpc) is 2.99. The van der Waals surface area contributed by atoms with Gasteiger partial charge in [-0.1, -0.05) is 18.7 Å². The highest BCUT2D eigenvalue weighted by Gasteiger charge is 2.33. The molecule has 1 heterocycles. The van der Waals surface area contributed by atoms with E-state index in [0.29, 0.717) is 29.4 Å². The monoisotopic (exact) mass is 433 g/mol. The molecule has 1 aromatic carbocycles. The number of aliphatic hydroxyl groups is 1. The number of rotatable bonds is 8. The van der Waals surface area contributed by atoms with Crippen LogP contribution < -0.4 is 9.47 Å². The molecule has 1 N–H and O–H groups in total. The smallest absolute Gasteiger partial charge is 0.344 e. The lowest BCUT2D eigenvalue weighted by Gasteiger charge is -2.12. The molecule has 0 saturated carbocycles. The lowest BCUT2D eigenvalue weighted by molar-refractivity contribution is -0.138. The average molecular weight is 434 g/mol. The number of aliphatic imine (C=N–C) groups is 1. The fourth-order valence-corrected chi connectivity index (χ4v) is 3.80. The molecule has 0 bridgehead atoms. The molecule has 1 aromatic rings. The Bertz CT molecular complexity index is 916. The summed E-state index contributed by atoms with van der Waals surface area (Å²) >= 11 is 1.06. The Labute approximate surface area is 180 Å². The van der Waals surface area contributed by atoms with Gasteiger partial charge in [-0.15, -0.1) is 0 Å². The number of aliphatic hydroxyl groups excluding tert-OH is 1. The third-order valence-corrected chi connectivity index (χ3v) is 5.22. The van der Waals surface area contributed by atoms with E-state index >= 15 is 0 Å². The summed E-state index contributed by atoms with van der Waals surface area (Å²) in [4.78, 5) is 28.8. The maximum atomic E-state index is 12.4. The predicted molar refractivity (Wildman–Crippen MR) is 118 cm³/mol. The van der Waals surface area contributed by atoms with Crippen molar-refractivity contribution < 1.29 is 28.9 Å². The van der Waals surface area contributed by atoms with Gasteiger partial charge >= 0.3 is 5.97 Å². The van der Waals surface area contributed by atoms with Crippen LogP contribution >= 0.6 is 11.8 Å². The maximum absolute atomic E-state index is 12.4. The maximum Gasteiger partial charge on any atom is 0.344 e. The van der Waals surface area contributed by atoms with Crippen molar-refractivity contribution in [2.45, 2.75) is 40.5 Å². The number of carbonyl (C=O) groups is 2. The van der Waals surface area contributed by atoms with Crippen LogP contribution in [0.3, 0.4) is 0 Å². The molecular weight excluding hydrogens is 406 g/mol. The molecule has 0 radical (unpaired) electrons. The van der Waals surface area contributed by atoms with E-state index in [1.807, 2.05) is 26.8 Å². The number of nitrogens with zero attached hydrogens (tertiary/aromatic N) is 1. The van der Waals surface area contributed by atoms with Crippen molar-refractivity contribution in [3.8, 4) is 11.5 Å². The Morgan fingerprint density at radius 2 is 1.90 bits per heavy atom. The van der Waals surface area contributed by atoms with E-state index in [-0.39, 0.29) is 35.3 Å². The number of esters is 1. The molecular formula is C22H27NO6S. The molecule has 30 heavy (non-hydrogen) atoms. The van der Waals surface area contributed by atoms with Crippen molar-refractivity contribution in [2.75, 3.05) is 20.3 Å². The standard InChI is InChI=1S/C22H27NO6S/c1-6-9-18(24)23-21-19(22(26)29-8-3)20(25)17(30-21)12-14-11-16(28-7-2)15(27-5)10-13(14)4/h10-12,25H,6-9H2,1-5H3/b17-12-,23-21?. The predicted octanol–water partition coefficient (Wildman–Crippen LogP) is 4.59. The summed E-state index contributed by atoms with van der Waals surface area (Å²) in [5.74, 6) is -0.142. The molecule has 162 valence electrons. The first kappa shape index (κ1) is 23.5. The zero-order chi connectivity index (χ0) is 22.3. The number of hydrogen-bond donors (Lipinski definition) is 1. The number of carbonyl (C=O) groups excluding carboxylic acids is 2. The van der Waals surface area contributed by atoms with E-state index in [9.17, 15) is 14.7 Å². The molecule has 7 nitrogen and oxygen atoms in total. The minimum absolute atomic E-state index is 0.0891. The van der Waals surface area contributed by atoms with Crippen molar-refractivity contribution in [1.82, 2.24) is 0 Å². The second-order valence-corrected chi connectivity index (χ2v) is 7.44. The summed E-state index contributed by atoms with van der Waals surface area (Å²) in [6, 6.07) is 3.64.